The van der Waals surface area contributed by atoms with Crippen LogP contribution in [0.15, 0.2) is 53.9 Å². The van der Waals surface area contributed by atoms with Crippen molar-refractivity contribution in [3.05, 3.63) is 64.4 Å². The highest BCUT2D eigenvalue weighted by molar-refractivity contribution is 7.09. The van der Waals surface area contributed by atoms with E-state index in [9.17, 15) is 14.4 Å². The van der Waals surface area contributed by atoms with Gasteiger partial charge in [-0.1, -0.05) is 24.3 Å². The normalized spacial score (nSPS) is 18.3. The minimum atomic E-state index is -1.23. The predicted octanol–water partition coefficient (Wildman–Crippen LogP) is 3.04. The molecule has 1 atom stereocenters. The van der Waals surface area contributed by atoms with Crippen molar-refractivity contribution >= 4 is 40.0 Å². The highest BCUT2D eigenvalue weighted by Crippen LogP contribution is 2.31. The van der Waals surface area contributed by atoms with Gasteiger partial charge in [0.15, 0.2) is 0 Å². The minimum Gasteiger partial charge on any atom is -0.497 e. The molecule has 160 valence electrons. The fourth-order valence-electron chi connectivity index (χ4n) is 3.68. The zero-order valence-electron chi connectivity index (χ0n) is 17.3. The van der Waals surface area contributed by atoms with Gasteiger partial charge in [-0.2, -0.15) is 0 Å². The van der Waals surface area contributed by atoms with Crippen molar-refractivity contribution < 1.29 is 19.1 Å². The van der Waals surface area contributed by atoms with Gasteiger partial charge in [-0.25, -0.2) is 4.79 Å². The summed E-state index contributed by atoms with van der Waals surface area (Å²) in [5.74, 6) is -0.0679. The number of methoxy groups -OCH3 is 1. The highest BCUT2D eigenvalue weighted by Gasteiger charge is 2.49. The lowest BCUT2D eigenvalue weighted by Gasteiger charge is -2.22. The van der Waals surface area contributed by atoms with Gasteiger partial charge >= 0.3 is 6.03 Å². The Kier molecular flexibility index (Phi) is 5.65. The third-order valence-corrected chi connectivity index (χ3v) is 6.41. The Labute approximate surface area is 184 Å². The van der Waals surface area contributed by atoms with Crippen molar-refractivity contribution in [2.24, 2.45) is 0 Å². The molecule has 0 saturated carbocycles. The second-order valence-corrected chi connectivity index (χ2v) is 8.59. The molecule has 8 heteroatoms. The SMILES string of the molecule is COc1ccc2cc([C@@]3(C)NC(=O)N(CC(=O)NCCc4cccs4)C3=O)ccc2c1. The maximum absolute atomic E-state index is 13.1. The summed E-state index contributed by atoms with van der Waals surface area (Å²) >= 11 is 1.62. The molecule has 0 radical (unpaired) electrons. The van der Waals surface area contributed by atoms with Crippen molar-refractivity contribution in [2.45, 2.75) is 18.9 Å². The fourth-order valence-corrected chi connectivity index (χ4v) is 4.39. The molecular weight excluding hydrogens is 414 g/mol. The average Bonchev–Trinajstić information content (AvgIpc) is 3.36. The minimum absolute atomic E-state index is 0.310. The molecule has 1 aliphatic heterocycles. The van der Waals surface area contributed by atoms with E-state index >= 15 is 0 Å². The van der Waals surface area contributed by atoms with Crippen LogP contribution in [-0.4, -0.2) is 42.9 Å². The summed E-state index contributed by atoms with van der Waals surface area (Å²) in [7, 11) is 1.61. The van der Waals surface area contributed by atoms with Crippen molar-refractivity contribution in [3.8, 4) is 5.75 Å². The number of nitrogens with one attached hydrogen (secondary N) is 2. The predicted molar refractivity (Wildman–Crippen MR) is 119 cm³/mol. The average molecular weight is 438 g/mol. The van der Waals surface area contributed by atoms with Crippen molar-refractivity contribution in [3.63, 3.8) is 0 Å². The lowest BCUT2D eigenvalue weighted by atomic mass is 9.90. The van der Waals surface area contributed by atoms with Crippen LogP contribution in [0.25, 0.3) is 10.8 Å². The number of thiophene rings is 1. The Morgan fingerprint density at radius 1 is 1.16 bits per heavy atom. The van der Waals surface area contributed by atoms with Gasteiger partial charge in [0.05, 0.1) is 7.11 Å². The molecule has 3 aromatic rings. The van der Waals surface area contributed by atoms with Crippen LogP contribution < -0.4 is 15.4 Å². The van der Waals surface area contributed by atoms with Crippen LogP contribution in [0, 0.1) is 0 Å². The highest BCUT2D eigenvalue weighted by atomic mass is 32.1. The number of urea groups is 1. The summed E-state index contributed by atoms with van der Waals surface area (Å²) < 4.78 is 5.25. The van der Waals surface area contributed by atoms with Crippen LogP contribution in [0.5, 0.6) is 5.75 Å². The van der Waals surface area contributed by atoms with E-state index in [0.29, 0.717) is 18.5 Å². The molecule has 4 amide bonds. The molecule has 2 N–H and O–H groups in total. The van der Waals surface area contributed by atoms with E-state index < -0.39 is 17.5 Å². The largest absolute Gasteiger partial charge is 0.497 e. The number of amides is 4. The second-order valence-electron chi connectivity index (χ2n) is 7.55. The molecule has 0 bridgehead atoms. The standard InChI is InChI=1S/C23H23N3O4S/c1-23(17-7-5-16-13-18(30-2)8-6-15(16)12-17)21(28)26(22(29)25-23)14-20(27)24-10-9-19-4-3-11-31-19/h3-8,11-13H,9-10,14H2,1-2H3,(H,24,27)(H,25,29)/t23-/m1/s1. The van der Waals surface area contributed by atoms with Crippen LogP contribution in [0.4, 0.5) is 4.79 Å². The van der Waals surface area contributed by atoms with E-state index in [4.69, 9.17) is 4.74 Å². The molecule has 2 heterocycles. The van der Waals surface area contributed by atoms with Gasteiger partial charge in [0.1, 0.15) is 17.8 Å². The van der Waals surface area contributed by atoms with Crippen LogP contribution in [0.2, 0.25) is 0 Å². The Bertz CT molecular complexity index is 1140. The number of ether oxygens (including phenoxy) is 1. The van der Waals surface area contributed by atoms with Gasteiger partial charge in [-0.05, 0) is 59.3 Å². The molecule has 7 nitrogen and oxygen atoms in total. The third kappa shape index (κ3) is 4.11. The van der Waals surface area contributed by atoms with Crippen molar-refractivity contribution in [2.75, 3.05) is 20.2 Å². The summed E-state index contributed by atoms with van der Waals surface area (Å²) in [6, 6.07) is 14.6. The molecule has 0 unspecified atom stereocenters. The Balaban J connectivity index is 1.46. The Morgan fingerprint density at radius 3 is 2.68 bits per heavy atom. The molecule has 1 fully saturated rings. The summed E-state index contributed by atoms with van der Waals surface area (Å²) in [6.45, 7) is 1.80. The van der Waals surface area contributed by atoms with E-state index in [-0.39, 0.29) is 12.5 Å². The lowest BCUT2D eigenvalue weighted by molar-refractivity contribution is -0.134. The first-order chi connectivity index (χ1) is 14.9. The van der Waals surface area contributed by atoms with E-state index in [0.717, 1.165) is 26.3 Å². The fraction of sp³-hybridized carbons (Fsp3) is 0.261. The quantitative estimate of drug-likeness (QED) is 0.556. The summed E-state index contributed by atoms with van der Waals surface area (Å²) in [5.41, 5.74) is -0.577. The maximum atomic E-state index is 13.1. The number of rotatable bonds is 7. The molecule has 2 aromatic carbocycles. The molecule has 0 aliphatic carbocycles. The molecule has 4 rings (SSSR count). The number of carbonyl (C=O) groups is 3. The van der Waals surface area contributed by atoms with E-state index in [1.54, 1.807) is 25.4 Å². The molecule has 1 aliphatic rings. The molecule has 1 saturated heterocycles. The topological polar surface area (TPSA) is 87.7 Å². The Morgan fingerprint density at radius 2 is 1.94 bits per heavy atom. The number of carbonyl (C=O) groups excluding carboxylic acids is 3. The first-order valence-electron chi connectivity index (χ1n) is 9.92. The second kappa shape index (κ2) is 8.39. The van der Waals surface area contributed by atoms with Crippen LogP contribution in [0.1, 0.15) is 17.4 Å². The smallest absolute Gasteiger partial charge is 0.325 e. The zero-order valence-corrected chi connectivity index (χ0v) is 18.1. The summed E-state index contributed by atoms with van der Waals surface area (Å²) in [4.78, 5) is 40.1. The molecule has 1 aromatic heterocycles. The first-order valence-corrected chi connectivity index (χ1v) is 10.8. The summed E-state index contributed by atoms with van der Waals surface area (Å²) in [6.07, 6.45) is 0.711. The van der Waals surface area contributed by atoms with Crippen LogP contribution in [-0.2, 0) is 21.5 Å². The molecule has 31 heavy (non-hydrogen) atoms. The number of nitrogens with zero attached hydrogens (tertiary/aromatic N) is 1. The van der Waals surface area contributed by atoms with Crippen molar-refractivity contribution in [1.82, 2.24) is 15.5 Å². The van der Waals surface area contributed by atoms with Gasteiger partial charge < -0.3 is 15.4 Å². The number of hydrogen-bond donors (Lipinski definition) is 2. The number of fused-ring (bicyclic) bond motifs is 1. The third-order valence-electron chi connectivity index (χ3n) is 5.48. The van der Waals surface area contributed by atoms with E-state index in [1.165, 1.54) is 0 Å². The van der Waals surface area contributed by atoms with Crippen molar-refractivity contribution in [1.29, 1.82) is 0 Å². The van der Waals surface area contributed by atoms with Gasteiger partial charge in [0, 0.05) is 11.4 Å². The zero-order chi connectivity index (χ0) is 22.0. The van der Waals surface area contributed by atoms with Crippen LogP contribution in [0.3, 0.4) is 0 Å². The monoisotopic (exact) mass is 437 g/mol. The van der Waals surface area contributed by atoms with E-state index in [2.05, 4.69) is 10.6 Å². The van der Waals surface area contributed by atoms with Gasteiger partial charge in [0.2, 0.25) is 5.91 Å². The Hall–Kier alpha value is -3.39. The van der Waals surface area contributed by atoms with Gasteiger partial charge in [-0.15, -0.1) is 11.3 Å². The van der Waals surface area contributed by atoms with Gasteiger partial charge in [0.25, 0.3) is 5.91 Å². The molecular formula is C23H23N3O4S. The summed E-state index contributed by atoms with van der Waals surface area (Å²) in [5, 5.41) is 9.39. The number of imide groups is 1. The maximum Gasteiger partial charge on any atom is 0.325 e. The van der Waals surface area contributed by atoms with Crippen LogP contribution >= 0.6 is 11.3 Å². The molecule has 0 spiro atoms. The lowest BCUT2D eigenvalue weighted by Crippen LogP contribution is -2.43. The van der Waals surface area contributed by atoms with E-state index in [1.807, 2.05) is 53.9 Å². The van der Waals surface area contributed by atoms with Gasteiger partial charge in [-0.3, -0.25) is 14.5 Å². The number of hydrogen-bond acceptors (Lipinski definition) is 5. The first kappa shape index (κ1) is 20.9. The number of benzene rings is 2.